The summed E-state index contributed by atoms with van der Waals surface area (Å²) >= 11 is 0. The molecule has 0 radical (unpaired) electrons. The molecular formula is C25H27N5O4. The van der Waals surface area contributed by atoms with Gasteiger partial charge in [-0.1, -0.05) is 48.5 Å². The lowest BCUT2D eigenvalue weighted by atomic mass is 10.2. The van der Waals surface area contributed by atoms with Crippen molar-refractivity contribution >= 4 is 28.3 Å². The van der Waals surface area contributed by atoms with Gasteiger partial charge in [0.1, 0.15) is 5.82 Å². The molecule has 9 nitrogen and oxygen atoms in total. The molecule has 176 valence electrons. The number of H-pyrrole nitrogens is 1. The Bertz CT molecular complexity index is 1400. The van der Waals surface area contributed by atoms with Gasteiger partial charge in [0.05, 0.1) is 19.7 Å². The molecule has 2 aromatic heterocycles. The van der Waals surface area contributed by atoms with Gasteiger partial charge in [0.2, 0.25) is 5.91 Å². The van der Waals surface area contributed by atoms with Gasteiger partial charge in [0.25, 0.3) is 5.56 Å². The van der Waals surface area contributed by atoms with Gasteiger partial charge in [0, 0.05) is 31.8 Å². The lowest BCUT2D eigenvalue weighted by Crippen LogP contribution is -2.41. The van der Waals surface area contributed by atoms with Crippen molar-refractivity contribution in [2.45, 2.75) is 26.1 Å². The Balaban J connectivity index is 1.69. The summed E-state index contributed by atoms with van der Waals surface area (Å²) in [5.74, 6) is -0.350. The van der Waals surface area contributed by atoms with Crippen molar-refractivity contribution in [3.8, 4) is 0 Å². The van der Waals surface area contributed by atoms with Crippen LogP contribution in [0.1, 0.15) is 12.0 Å². The van der Waals surface area contributed by atoms with Gasteiger partial charge >= 0.3 is 5.69 Å². The highest BCUT2D eigenvalue weighted by atomic mass is 16.5. The van der Waals surface area contributed by atoms with Crippen molar-refractivity contribution in [1.29, 1.82) is 0 Å². The minimum Gasteiger partial charge on any atom is -0.383 e. The van der Waals surface area contributed by atoms with Crippen LogP contribution in [0.5, 0.6) is 0 Å². The van der Waals surface area contributed by atoms with Gasteiger partial charge in [-0.05, 0) is 23.1 Å². The summed E-state index contributed by atoms with van der Waals surface area (Å²) in [6.45, 7) is 0.942. The molecule has 2 aromatic carbocycles. The number of aromatic amines is 1. The molecule has 2 heterocycles. The summed E-state index contributed by atoms with van der Waals surface area (Å²) in [7, 11) is 1.50. The van der Waals surface area contributed by atoms with E-state index in [-0.39, 0.29) is 43.5 Å². The minimum atomic E-state index is -0.702. The highest BCUT2D eigenvalue weighted by Crippen LogP contribution is 2.22. The molecule has 9 heteroatoms. The maximum absolute atomic E-state index is 13.5. The van der Waals surface area contributed by atoms with Crippen LogP contribution in [0.4, 0.5) is 11.5 Å². The van der Waals surface area contributed by atoms with E-state index < -0.39 is 11.2 Å². The van der Waals surface area contributed by atoms with Crippen molar-refractivity contribution in [3.63, 3.8) is 0 Å². The number of nitrogen functional groups attached to an aromatic ring is 1. The van der Waals surface area contributed by atoms with Crippen molar-refractivity contribution in [1.82, 2.24) is 14.1 Å². The summed E-state index contributed by atoms with van der Waals surface area (Å²) in [5, 5.41) is 1.09. The molecule has 0 saturated carbocycles. The number of benzene rings is 2. The molecule has 0 aliphatic rings. The number of methoxy groups -OCH3 is 1. The normalized spacial score (nSPS) is 11.1. The zero-order valence-electron chi connectivity index (χ0n) is 18.9. The van der Waals surface area contributed by atoms with E-state index in [1.807, 2.05) is 71.4 Å². The smallest absolute Gasteiger partial charge is 0.330 e. The van der Waals surface area contributed by atoms with Gasteiger partial charge in [-0.25, -0.2) is 4.79 Å². The van der Waals surface area contributed by atoms with Crippen LogP contribution in [0.25, 0.3) is 10.9 Å². The maximum atomic E-state index is 13.5. The Morgan fingerprint density at radius 3 is 2.53 bits per heavy atom. The van der Waals surface area contributed by atoms with Crippen LogP contribution in [-0.2, 0) is 29.2 Å². The Morgan fingerprint density at radius 2 is 1.76 bits per heavy atom. The van der Waals surface area contributed by atoms with E-state index in [0.717, 1.165) is 16.5 Å². The minimum absolute atomic E-state index is 0.0399. The Labute approximate surface area is 196 Å². The summed E-state index contributed by atoms with van der Waals surface area (Å²) in [6.07, 6.45) is 2.08. The molecule has 3 N–H and O–H groups in total. The predicted molar refractivity (Wildman–Crippen MR) is 132 cm³/mol. The van der Waals surface area contributed by atoms with Crippen LogP contribution >= 0.6 is 0 Å². The second-order valence-corrected chi connectivity index (χ2v) is 7.92. The fraction of sp³-hybridized carbons (Fsp3) is 0.240. The summed E-state index contributed by atoms with van der Waals surface area (Å²) in [6, 6.07) is 19.2. The average molecular weight is 462 g/mol. The molecule has 0 fully saturated rings. The lowest BCUT2D eigenvalue weighted by Gasteiger charge is -2.25. The standard InChI is InChI=1S/C25H27N5O4/c1-34-16-15-29-23(26)22(24(32)27-25(29)33)30(17-18-7-3-2-4-8-18)21(31)12-14-28-13-11-19-9-5-6-10-20(19)28/h2-11,13H,12,14-17,26H2,1H3,(H,27,32,33). The van der Waals surface area contributed by atoms with Crippen molar-refractivity contribution in [2.75, 3.05) is 24.4 Å². The SMILES string of the molecule is COCCn1c(N)c(N(Cc2ccccc2)C(=O)CCn2ccc3ccccc32)c(=O)[nH]c1=O. The molecule has 0 unspecified atom stereocenters. The first kappa shape index (κ1) is 23.1. The molecule has 0 atom stereocenters. The number of hydrogen-bond donors (Lipinski definition) is 2. The number of rotatable bonds is 9. The first-order valence-corrected chi connectivity index (χ1v) is 11.0. The van der Waals surface area contributed by atoms with Crippen LogP contribution in [0.15, 0.2) is 76.4 Å². The molecular weight excluding hydrogens is 434 g/mol. The fourth-order valence-electron chi connectivity index (χ4n) is 3.99. The highest BCUT2D eigenvalue weighted by Gasteiger charge is 2.24. The van der Waals surface area contributed by atoms with Gasteiger partial charge in [-0.3, -0.25) is 19.1 Å². The molecule has 0 spiro atoms. The second-order valence-electron chi connectivity index (χ2n) is 7.92. The summed E-state index contributed by atoms with van der Waals surface area (Å²) in [4.78, 5) is 42.3. The second kappa shape index (κ2) is 10.2. The Hall–Kier alpha value is -4.11. The summed E-state index contributed by atoms with van der Waals surface area (Å²) < 4.78 is 8.27. The van der Waals surface area contributed by atoms with E-state index in [4.69, 9.17) is 10.5 Å². The third-order valence-corrected chi connectivity index (χ3v) is 5.73. The quantitative estimate of drug-likeness (QED) is 0.397. The number of aromatic nitrogens is 3. The first-order valence-electron chi connectivity index (χ1n) is 11.0. The highest BCUT2D eigenvalue weighted by molar-refractivity contribution is 5.95. The Kier molecular flexibility index (Phi) is 6.93. The number of hydrogen-bond acceptors (Lipinski definition) is 5. The van der Waals surface area contributed by atoms with E-state index in [9.17, 15) is 14.4 Å². The molecule has 0 aliphatic carbocycles. The molecule has 0 bridgehead atoms. The lowest BCUT2D eigenvalue weighted by molar-refractivity contribution is -0.119. The average Bonchev–Trinajstić information content (AvgIpc) is 3.25. The number of anilines is 2. The van der Waals surface area contributed by atoms with Crippen molar-refractivity contribution < 1.29 is 9.53 Å². The topological polar surface area (TPSA) is 115 Å². The fourth-order valence-corrected chi connectivity index (χ4v) is 3.99. The number of amides is 1. The number of nitrogens with zero attached hydrogens (tertiary/aromatic N) is 3. The monoisotopic (exact) mass is 461 g/mol. The van der Waals surface area contributed by atoms with Crippen molar-refractivity contribution in [3.05, 3.63) is 93.3 Å². The van der Waals surface area contributed by atoms with E-state index in [1.54, 1.807) is 0 Å². The van der Waals surface area contributed by atoms with E-state index >= 15 is 0 Å². The predicted octanol–water partition coefficient (Wildman–Crippen LogP) is 2.34. The third kappa shape index (κ3) is 4.79. The zero-order valence-corrected chi connectivity index (χ0v) is 18.9. The van der Waals surface area contributed by atoms with Gasteiger partial charge < -0.3 is 19.9 Å². The van der Waals surface area contributed by atoms with Crippen LogP contribution in [-0.4, -0.2) is 33.7 Å². The number of aryl methyl sites for hydroxylation is 1. The third-order valence-electron chi connectivity index (χ3n) is 5.73. The van der Waals surface area contributed by atoms with Gasteiger partial charge in [-0.2, -0.15) is 0 Å². The molecule has 0 aliphatic heterocycles. The number of ether oxygens (including phenoxy) is 1. The van der Waals surface area contributed by atoms with Crippen LogP contribution < -0.4 is 21.9 Å². The van der Waals surface area contributed by atoms with Gasteiger partial charge in [-0.15, -0.1) is 0 Å². The van der Waals surface area contributed by atoms with Crippen LogP contribution in [0.2, 0.25) is 0 Å². The number of carbonyl (C=O) groups excluding carboxylic acids is 1. The maximum Gasteiger partial charge on any atom is 0.330 e. The largest absolute Gasteiger partial charge is 0.383 e. The van der Waals surface area contributed by atoms with E-state index in [2.05, 4.69) is 4.98 Å². The molecule has 34 heavy (non-hydrogen) atoms. The molecule has 4 rings (SSSR count). The van der Waals surface area contributed by atoms with Crippen molar-refractivity contribution in [2.24, 2.45) is 0 Å². The van der Waals surface area contributed by atoms with Gasteiger partial charge in [0.15, 0.2) is 5.69 Å². The molecule has 4 aromatic rings. The number of carbonyl (C=O) groups is 1. The van der Waals surface area contributed by atoms with E-state index in [1.165, 1.54) is 16.6 Å². The number of para-hydroxylation sites is 1. The molecule has 1 amide bonds. The van der Waals surface area contributed by atoms with Crippen LogP contribution in [0, 0.1) is 0 Å². The molecule has 0 saturated heterocycles. The first-order chi connectivity index (χ1) is 16.5. The Morgan fingerprint density at radius 1 is 1.03 bits per heavy atom. The number of fused-ring (bicyclic) bond motifs is 1. The number of nitrogens with two attached hydrogens (primary N) is 1. The van der Waals surface area contributed by atoms with E-state index in [0.29, 0.717) is 6.54 Å². The number of nitrogens with one attached hydrogen (secondary N) is 1. The zero-order chi connectivity index (χ0) is 24.1. The summed E-state index contributed by atoms with van der Waals surface area (Å²) in [5.41, 5.74) is 6.74. The van der Waals surface area contributed by atoms with Crippen LogP contribution in [0.3, 0.4) is 0 Å².